The number of nitrogen functional groups attached to an aromatic ring is 1. The molecule has 0 amide bonds. The molecule has 0 aromatic heterocycles. The van der Waals surface area contributed by atoms with Gasteiger partial charge in [-0.1, -0.05) is 44.9 Å². The van der Waals surface area contributed by atoms with E-state index in [0.717, 1.165) is 37.2 Å². The topological polar surface area (TPSA) is 109 Å². The van der Waals surface area contributed by atoms with E-state index in [-0.39, 0.29) is 5.84 Å². The van der Waals surface area contributed by atoms with Crippen LogP contribution >= 0.6 is 0 Å². The normalized spacial score (nSPS) is 10.5. The minimum absolute atomic E-state index is 0.0837. The van der Waals surface area contributed by atoms with Crippen molar-refractivity contribution in [2.45, 2.75) is 64.2 Å². The summed E-state index contributed by atoms with van der Waals surface area (Å²) in [5, 5.41) is 14.5. The molecule has 0 radical (unpaired) electrons. The summed E-state index contributed by atoms with van der Waals surface area (Å²) in [6, 6.07) is 7.36. The number of unbranched alkanes of at least 4 members (excludes halogenated alkanes) is 8. The second-order valence-corrected chi connectivity index (χ2v) is 6.24. The highest BCUT2D eigenvalue weighted by atomic mass is 16.5. The Morgan fingerprint density at radius 2 is 1.25 bits per heavy atom. The van der Waals surface area contributed by atoms with Crippen LogP contribution in [0.2, 0.25) is 0 Å². The highest BCUT2D eigenvalue weighted by Crippen LogP contribution is 2.14. The minimum atomic E-state index is 0.0837. The van der Waals surface area contributed by atoms with E-state index in [1.165, 1.54) is 44.9 Å². The maximum Gasteiger partial charge on any atom is 0.122 e. The van der Waals surface area contributed by atoms with Crippen molar-refractivity contribution in [3.05, 3.63) is 29.8 Å². The second kappa shape index (κ2) is 12.4. The zero-order valence-corrected chi connectivity index (χ0v) is 14.7. The molecular formula is C19H32N4O. The first-order valence-corrected chi connectivity index (χ1v) is 9.00. The molecule has 6 N–H and O–H groups in total. The number of rotatable bonds is 14. The van der Waals surface area contributed by atoms with E-state index >= 15 is 0 Å². The van der Waals surface area contributed by atoms with Gasteiger partial charge in [0.2, 0.25) is 0 Å². The summed E-state index contributed by atoms with van der Waals surface area (Å²) >= 11 is 0. The number of hydrogen-bond acceptors (Lipinski definition) is 3. The van der Waals surface area contributed by atoms with Crippen molar-refractivity contribution in [3.8, 4) is 5.75 Å². The Labute approximate surface area is 145 Å². The average molecular weight is 332 g/mol. The van der Waals surface area contributed by atoms with Crippen LogP contribution < -0.4 is 16.2 Å². The van der Waals surface area contributed by atoms with Gasteiger partial charge in [-0.25, -0.2) is 0 Å². The van der Waals surface area contributed by atoms with Crippen molar-refractivity contribution in [1.29, 1.82) is 10.8 Å². The van der Waals surface area contributed by atoms with Gasteiger partial charge in [-0.3, -0.25) is 10.8 Å². The molecular weight excluding hydrogens is 300 g/mol. The molecule has 134 valence electrons. The molecule has 5 nitrogen and oxygen atoms in total. The summed E-state index contributed by atoms with van der Waals surface area (Å²) in [6.45, 7) is 0.741. The second-order valence-electron chi connectivity index (χ2n) is 6.24. The Balaban J connectivity index is 1.90. The van der Waals surface area contributed by atoms with Crippen LogP contribution in [0.15, 0.2) is 24.3 Å². The van der Waals surface area contributed by atoms with Crippen LogP contribution in [0.1, 0.15) is 69.8 Å². The predicted molar refractivity (Wildman–Crippen MR) is 101 cm³/mol. The lowest BCUT2D eigenvalue weighted by Crippen LogP contribution is -2.10. The summed E-state index contributed by atoms with van der Waals surface area (Å²) in [5.41, 5.74) is 11.5. The van der Waals surface area contributed by atoms with E-state index in [0.29, 0.717) is 5.84 Å². The fourth-order valence-electron chi connectivity index (χ4n) is 2.58. The molecule has 0 aliphatic rings. The van der Waals surface area contributed by atoms with E-state index in [1.807, 2.05) is 24.3 Å². The molecule has 0 fully saturated rings. The van der Waals surface area contributed by atoms with Gasteiger partial charge in [0.1, 0.15) is 11.6 Å². The van der Waals surface area contributed by atoms with Crippen LogP contribution in [0.25, 0.3) is 0 Å². The van der Waals surface area contributed by atoms with Crippen LogP contribution in [0.4, 0.5) is 0 Å². The van der Waals surface area contributed by atoms with Crippen molar-refractivity contribution < 1.29 is 4.74 Å². The summed E-state index contributed by atoms with van der Waals surface area (Å²) in [6.07, 6.45) is 11.7. The van der Waals surface area contributed by atoms with Gasteiger partial charge < -0.3 is 16.2 Å². The van der Waals surface area contributed by atoms with Crippen LogP contribution in [0.5, 0.6) is 5.75 Å². The molecule has 24 heavy (non-hydrogen) atoms. The molecule has 0 aliphatic heterocycles. The highest BCUT2D eigenvalue weighted by molar-refractivity contribution is 5.94. The van der Waals surface area contributed by atoms with Gasteiger partial charge in [-0.2, -0.15) is 0 Å². The van der Waals surface area contributed by atoms with Gasteiger partial charge in [-0.05, 0) is 37.1 Å². The average Bonchev–Trinajstić information content (AvgIpc) is 2.56. The molecule has 0 spiro atoms. The number of benzene rings is 1. The fourth-order valence-corrected chi connectivity index (χ4v) is 2.58. The zero-order valence-electron chi connectivity index (χ0n) is 14.7. The van der Waals surface area contributed by atoms with Gasteiger partial charge in [-0.15, -0.1) is 0 Å². The SMILES string of the molecule is N=C(N)CCCCCCCCCCCOc1ccc(C(=N)N)cc1. The predicted octanol–water partition coefficient (Wildman–Crippen LogP) is 4.19. The standard InChI is InChI=1S/C19H32N4O/c20-18(21)10-8-6-4-2-1-3-5-7-9-15-24-17-13-11-16(12-14-17)19(22)23/h11-14H,1-10,15H2,(H3,20,21)(H3,22,23). The first-order chi connectivity index (χ1) is 11.6. The van der Waals surface area contributed by atoms with Crippen molar-refractivity contribution in [1.82, 2.24) is 0 Å². The number of nitrogens with one attached hydrogen (secondary N) is 2. The smallest absolute Gasteiger partial charge is 0.122 e. The molecule has 0 heterocycles. The lowest BCUT2D eigenvalue weighted by atomic mass is 10.1. The molecule has 1 aromatic carbocycles. The third kappa shape index (κ3) is 9.87. The van der Waals surface area contributed by atoms with E-state index in [2.05, 4.69) is 0 Å². The van der Waals surface area contributed by atoms with E-state index in [9.17, 15) is 0 Å². The summed E-state index contributed by atoms with van der Waals surface area (Å²) in [7, 11) is 0. The molecule has 1 rings (SSSR count). The van der Waals surface area contributed by atoms with Crippen LogP contribution in [0, 0.1) is 10.8 Å². The molecule has 0 aliphatic carbocycles. The lowest BCUT2D eigenvalue weighted by Gasteiger charge is -2.07. The maximum atomic E-state index is 7.34. The van der Waals surface area contributed by atoms with Gasteiger partial charge >= 0.3 is 0 Å². The molecule has 1 aromatic rings. The third-order valence-electron chi connectivity index (χ3n) is 4.02. The molecule has 0 bridgehead atoms. The number of ether oxygens (including phenoxy) is 1. The first kappa shape index (κ1) is 20.0. The molecule has 0 unspecified atom stereocenters. The van der Waals surface area contributed by atoms with Crippen LogP contribution in [-0.4, -0.2) is 18.3 Å². The Kier molecular flexibility index (Phi) is 10.3. The Bertz CT molecular complexity index is 485. The fraction of sp³-hybridized carbons (Fsp3) is 0.579. The summed E-state index contributed by atoms with van der Waals surface area (Å²) in [5.74, 6) is 1.23. The van der Waals surface area contributed by atoms with E-state index in [4.69, 9.17) is 27.0 Å². The maximum absolute atomic E-state index is 7.34. The summed E-state index contributed by atoms with van der Waals surface area (Å²) in [4.78, 5) is 0. The van der Waals surface area contributed by atoms with Gasteiger partial charge in [0.05, 0.1) is 12.4 Å². The molecule has 0 atom stereocenters. The molecule has 5 heteroatoms. The molecule has 0 saturated heterocycles. The van der Waals surface area contributed by atoms with E-state index in [1.54, 1.807) is 0 Å². The molecule has 0 saturated carbocycles. The Hall–Kier alpha value is -2.04. The minimum Gasteiger partial charge on any atom is -0.494 e. The number of hydrogen-bond donors (Lipinski definition) is 4. The van der Waals surface area contributed by atoms with Crippen LogP contribution in [0.3, 0.4) is 0 Å². The van der Waals surface area contributed by atoms with E-state index < -0.39 is 0 Å². The monoisotopic (exact) mass is 332 g/mol. The van der Waals surface area contributed by atoms with Gasteiger partial charge in [0, 0.05) is 12.0 Å². The first-order valence-electron chi connectivity index (χ1n) is 9.00. The van der Waals surface area contributed by atoms with Crippen molar-refractivity contribution >= 4 is 11.7 Å². The lowest BCUT2D eigenvalue weighted by molar-refractivity contribution is 0.304. The van der Waals surface area contributed by atoms with Crippen LogP contribution in [-0.2, 0) is 0 Å². The Morgan fingerprint density at radius 1 is 0.750 bits per heavy atom. The third-order valence-corrected chi connectivity index (χ3v) is 4.02. The van der Waals surface area contributed by atoms with Crippen molar-refractivity contribution in [3.63, 3.8) is 0 Å². The van der Waals surface area contributed by atoms with Gasteiger partial charge in [0.15, 0.2) is 0 Å². The largest absolute Gasteiger partial charge is 0.494 e. The highest BCUT2D eigenvalue weighted by Gasteiger charge is 1.98. The van der Waals surface area contributed by atoms with Crippen molar-refractivity contribution in [2.24, 2.45) is 11.5 Å². The van der Waals surface area contributed by atoms with Gasteiger partial charge in [0.25, 0.3) is 0 Å². The Morgan fingerprint density at radius 3 is 1.75 bits per heavy atom. The number of nitrogens with two attached hydrogens (primary N) is 2. The van der Waals surface area contributed by atoms with Crippen molar-refractivity contribution in [2.75, 3.05) is 6.61 Å². The summed E-state index contributed by atoms with van der Waals surface area (Å²) < 4.78 is 5.69. The quantitative estimate of drug-likeness (QED) is 0.233. The zero-order chi connectivity index (χ0) is 17.6. The number of amidine groups is 2.